The van der Waals surface area contributed by atoms with E-state index in [4.69, 9.17) is 0 Å². The second kappa shape index (κ2) is 5.43. The molecule has 3 heteroatoms. The molecule has 1 aliphatic rings. The first-order valence-electron chi connectivity index (χ1n) is 7.23. The summed E-state index contributed by atoms with van der Waals surface area (Å²) < 4.78 is 1.93. The van der Waals surface area contributed by atoms with Gasteiger partial charge >= 0.3 is 0 Å². The topological polar surface area (TPSA) is 29.9 Å². The van der Waals surface area contributed by atoms with Gasteiger partial charge in [-0.15, -0.1) is 0 Å². The lowest BCUT2D eigenvalue weighted by atomic mass is 9.89. The standard InChI is InChI=1S/C15H27N3/c1-12(2)14-13(10-18(4)17-14)9-16-11-15(3)7-5-6-8-15/h10,12,16H,5-9,11H2,1-4H3. The Morgan fingerprint density at radius 1 is 1.39 bits per heavy atom. The van der Waals surface area contributed by atoms with Gasteiger partial charge in [-0.3, -0.25) is 4.68 Å². The van der Waals surface area contributed by atoms with Crippen molar-refractivity contribution in [1.82, 2.24) is 15.1 Å². The molecule has 0 atom stereocenters. The molecule has 18 heavy (non-hydrogen) atoms. The van der Waals surface area contributed by atoms with Crippen molar-refractivity contribution in [3.63, 3.8) is 0 Å². The van der Waals surface area contributed by atoms with Crippen molar-refractivity contribution in [3.05, 3.63) is 17.5 Å². The van der Waals surface area contributed by atoms with Gasteiger partial charge in [-0.25, -0.2) is 0 Å². The Balaban J connectivity index is 1.90. The summed E-state index contributed by atoms with van der Waals surface area (Å²) in [5.41, 5.74) is 3.12. The molecule has 1 aliphatic carbocycles. The monoisotopic (exact) mass is 249 g/mol. The third-order valence-corrected chi connectivity index (χ3v) is 4.16. The van der Waals surface area contributed by atoms with Gasteiger partial charge in [0.2, 0.25) is 0 Å². The van der Waals surface area contributed by atoms with Gasteiger partial charge in [0.25, 0.3) is 0 Å². The number of aromatic nitrogens is 2. The van der Waals surface area contributed by atoms with Crippen molar-refractivity contribution in [2.24, 2.45) is 12.5 Å². The fourth-order valence-electron chi connectivity index (χ4n) is 3.08. The number of nitrogens with zero attached hydrogens (tertiary/aromatic N) is 2. The van der Waals surface area contributed by atoms with E-state index >= 15 is 0 Å². The Labute approximate surface area is 111 Å². The van der Waals surface area contributed by atoms with E-state index in [1.807, 2.05) is 11.7 Å². The van der Waals surface area contributed by atoms with Gasteiger partial charge in [0.1, 0.15) is 0 Å². The number of hydrogen-bond donors (Lipinski definition) is 1. The Morgan fingerprint density at radius 2 is 2.06 bits per heavy atom. The first-order valence-corrected chi connectivity index (χ1v) is 7.23. The molecule has 0 aromatic carbocycles. The summed E-state index contributed by atoms with van der Waals surface area (Å²) in [4.78, 5) is 0. The number of rotatable bonds is 5. The van der Waals surface area contributed by atoms with E-state index < -0.39 is 0 Å². The van der Waals surface area contributed by atoms with Crippen LogP contribution in [-0.4, -0.2) is 16.3 Å². The Kier molecular flexibility index (Phi) is 4.10. The zero-order valence-corrected chi connectivity index (χ0v) is 12.3. The highest BCUT2D eigenvalue weighted by molar-refractivity contribution is 5.20. The van der Waals surface area contributed by atoms with E-state index in [0.717, 1.165) is 13.1 Å². The van der Waals surface area contributed by atoms with Crippen LogP contribution in [0.5, 0.6) is 0 Å². The minimum Gasteiger partial charge on any atom is -0.312 e. The summed E-state index contributed by atoms with van der Waals surface area (Å²) in [6.45, 7) is 8.93. The molecular weight excluding hydrogens is 222 g/mol. The average Bonchev–Trinajstić information content (AvgIpc) is 2.86. The molecule has 0 bridgehead atoms. The van der Waals surface area contributed by atoms with E-state index in [9.17, 15) is 0 Å². The molecule has 0 aliphatic heterocycles. The fraction of sp³-hybridized carbons (Fsp3) is 0.800. The van der Waals surface area contributed by atoms with Crippen molar-refractivity contribution in [2.45, 2.75) is 58.9 Å². The third-order valence-electron chi connectivity index (χ3n) is 4.16. The molecule has 2 rings (SSSR count). The molecule has 1 N–H and O–H groups in total. The fourth-order valence-corrected chi connectivity index (χ4v) is 3.08. The molecule has 0 amide bonds. The predicted molar refractivity (Wildman–Crippen MR) is 75.6 cm³/mol. The summed E-state index contributed by atoms with van der Waals surface area (Å²) in [7, 11) is 2.01. The molecule has 102 valence electrons. The second-order valence-electron chi connectivity index (χ2n) is 6.49. The molecule has 0 radical (unpaired) electrons. The van der Waals surface area contributed by atoms with E-state index in [-0.39, 0.29) is 0 Å². The van der Waals surface area contributed by atoms with Gasteiger partial charge in [0, 0.05) is 31.9 Å². The molecular formula is C15H27N3. The number of nitrogens with one attached hydrogen (secondary N) is 1. The molecule has 1 heterocycles. The molecule has 1 aromatic heterocycles. The van der Waals surface area contributed by atoms with Crippen LogP contribution in [0.3, 0.4) is 0 Å². The SMILES string of the molecule is CC(C)c1nn(C)cc1CNCC1(C)CCCC1. The summed E-state index contributed by atoms with van der Waals surface area (Å²) in [5.74, 6) is 0.505. The molecule has 0 spiro atoms. The highest BCUT2D eigenvalue weighted by Crippen LogP contribution is 2.36. The average molecular weight is 249 g/mol. The van der Waals surface area contributed by atoms with Crippen LogP contribution in [-0.2, 0) is 13.6 Å². The predicted octanol–water partition coefficient (Wildman–Crippen LogP) is 3.21. The molecule has 1 fully saturated rings. The summed E-state index contributed by atoms with van der Waals surface area (Å²) in [6, 6.07) is 0. The molecule has 0 unspecified atom stereocenters. The van der Waals surface area contributed by atoms with E-state index in [2.05, 4.69) is 37.4 Å². The first-order chi connectivity index (χ1) is 8.50. The lowest BCUT2D eigenvalue weighted by Gasteiger charge is -2.23. The van der Waals surface area contributed by atoms with Gasteiger partial charge in [-0.1, -0.05) is 33.6 Å². The number of aryl methyl sites for hydroxylation is 1. The zero-order valence-electron chi connectivity index (χ0n) is 12.3. The van der Waals surface area contributed by atoms with Crippen LogP contribution in [0.15, 0.2) is 6.20 Å². The molecule has 1 aromatic rings. The minimum atomic E-state index is 0.505. The van der Waals surface area contributed by atoms with Crippen LogP contribution in [0.1, 0.15) is 63.6 Å². The minimum absolute atomic E-state index is 0.505. The van der Waals surface area contributed by atoms with Crippen LogP contribution in [0, 0.1) is 5.41 Å². The Hall–Kier alpha value is -0.830. The quantitative estimate of drug-likeness (QED) is 0.868. The molecule has 0 saturated heterocycles. The molecule has 3 nitrogen and oxygen atoms in total. The van der Waals surface area contributed by atoms with Crippen LogP contribution in [0.2, 0.25) is 0 Å². The van der Waals surface area contributed by atoms with Crippen molar-refractivity contribution in [3.8, 4) is 0 Å². The summed E-state index contributed by atoms with van der Waals surface area (Å²) >= 11 is 0. The van der Waals surface area contributed by atoms with E-state index in [1.165, 1.54) is 36.9 Å². The Bertz CT molecular complexity index is 386. The van der Waals surface area contributed by atoms with Gasteiger partial charge in [0.05, 0.1) is 5.69 Å². The second-order valence-corrected chi connectivity index (χ2v) is 6.49. The van der Waals surface area contributed by atoms with Crippen LogP contribution >= 0.6 is 0 Å². The van der Waals surface area contributed by atoms with Crippen molar-refractivity contribution < 1.29 is 0 Å². The van der Waals surface area contributed by atoms with Crippen LogP contribution in [0.25, 0.3) is 0 Å². The lowest BCUT2D eigenvalue weighted by molar-refractivity contribution is 0.314. The van der Waals surface area contributed by atoms with Gasteiger partial charge in [0.15, 0.2) is 0 Å². The van der Waals surface area contributed by atoms with Crippen LogP contribution < -0.4 is 5.32 Å². The van der Waals surface area contributed by atoms with Gasteiger partial charge < -0.3 is 5.32 Å². The van der Waals surface area contributed by atoms with Crippen molar-refractivity contribution in [1.29, 1.82) is 0 Å². The maximum atomic E-state index is 4.55. The van der Waals surface area contributed by atoms with Crippen LogP contribution in [0.4, 0.5) is 0 Å². The van der Waals surface area contributed by atoms with Crippen molar-refractivity contribution >= 4 is 0 Å². The summed E-state index contributed by atoms with van der Waals surface area (Å²) in [6.07, 6.45) is 7.72. The smallest absolute Gasteiger partial charge is 0.0694 e. The van der Waals surface area contributed by atoms with E-state index in [1.54, 1.807) is 0 Å². The first kappa shape index (κ1) is 13.6. The lowest BCUT2D eigenvalue weighted by Crippen LogP contribution is -2.29. The highest BCUT2D eigenvalue weighted by Gasteiger charge is 2.28. The van der Waals surface area contributed by atoms with Gasteiger partial charge in [-0.05, 0) is 24.2 Å². The maximum Gasteiger partial charge on any atom is 0.0694 e. The zero-order chi connectivity index (χ0) is 13.2. The third kappa shape index (κ3) is 3.14. The normalized spacial score (nSPS) is 18.7. The van der Waals surface area contributed by atoms with Gasteiger partial charge in [-0.2, -0.15) is 5.10 Å². The largest absolute Gasteiger partial charge is 0.312 e. The highest BCUT2D eigenvalue weighted by atomic mass is 15.3. The number of hydrogen-bond acceptors (Lipinski definition) is 2. The van der Waals surface area contributed by atoms with E-state index in [0.29, 0.717) is 11.3 Å². The van der Waals surface area contributed by atoms with Crippen molar-refractivity contribution in [2.75, 3.05) is 6.54 Å². The Morgan fingerprint density at radius 3 is 2.67 bits per heavy atom. The maximum absolute atomic E-state index is 4.55. The molecule has 1 saturated carbocycles. The summed E-state index contributed by atoms with van der Waals surface area (Å²) in [5, 5.41) is 8.19.